The molecule has 6 fully saturated rings. The average Bonchev–Trinajstić information content (AvgIpc) is 3.39. The zero-order valence-electron chi connectivity index (χ0n) is 26.5. The summed E-state index contributed by atoms with van der Waals surface area (Å²) in [5.74, 6) is 3.28. The molecule has 43 heavy (non-hydrogen) atoms. The van der Waals surface area contributed by atoms with E-state index in [0.29, 0.717) is 48.1 Å². The lowest BCUT2D eigenvalue weighted by atomic mass is 9.62. The number of esters is 1. The molecular weight excluding hydrogens is 538 g/mol. The van der Waals surface area contributed by atoms with E-state index < -0.39 is 0 Å². The molecule has 0 aromatic heterocycles. The fourth-order valence-electron chi connectivity index (χ4n) is 10.4. The molecule has 0 bridgehead atoms. The summed E-state index contributed by atoms with van der Waals surface area (Å²) in [6.45, 7) is 1.48. The topological polar surface area (TPSA) is 135 Å². The van der Waals surface area contributed by atoms with Gasteiger partial charge in [0.15, 0.2) is 0 Å². The second kappa shape index (κ2) is 14.2. The number of hydrogen-bond donors (Lipinski definition) is 4. The molecule has 8 atom stereocenters. The molecule has 0 spiro atoms. The summed E-state index contributed by atoms with van der Waals surface area (Å²) >= 11 is 0. The fraction of sp³-hybridized carbons (Fsp3) is 0.914. The third kappa shape index (κ3) is 7.43. The fourth-order valence-corrected chi connectivity index (χ4v) is 10.4. The predicted octanol–water partition coefficient (Wildman–Crippen LogP) is 5.12. The van der Waals surface area contributed by atoms with Crippen LogP contribution in [-0.2, 0) is 14.3 Å². The van der Waals surface area contributed by atoms with Gasteiger partial charge in [0.05, 0.1) is 24.4 Å². The lowest BCUT2D eigenvalue weighted by Gasteiger charge is -2.47. The number of fused-ring (bicyclic) bond motifs is 2. The highest BCUT2D eigenvalue weighted by atomic mass is 16.5. The van der Waals surface area contributed by atoms with E-state index in [0.717, 1.165) is 70.8 Å². The molecule has 5 saturated carbocycles. The molecule has 0 aromatic carbocycles. The second-order valence-electron chi connectivity index (χ2n) is 15.6. The highest BCUT2D eigenvalue weighted by molar-refractivity contribution is 5.83. The van der Waals surface area contributed by atoms with Crippen LogP contribution in [-0.4, -0.2) is 59.9 Å². The third-order valence-electron chi connectivity index (χ3n) is 12.9. The summed E-state index contributed by atoms with van der Waals surface area (Å²) in [5.41, 5.74) is 12.2. The molecule has 1 aliphatic heterocycles. The average molecular weight is 598 g/mol. The Morgan fingerprint density at radius 2 is 1.53 bits per heavy atom. The van der Waals surface area contributed by atoms with Crippen molar-refractivity contribution in [2.24, 2.45) is 52.9 Å². The van der Waals surface area contributed by atoms with Crippen molar-refractivity contribution in [1.82, 2.24) is 10.2 Å². The molecular formula is C35H59N5O3. The lowest BCUT2D eigenvalue weighted by Crippen LogP contribution is -2.53. The SMILES string of the molecule is N=C(N)C1CCC2CC(C(=O)NC3CCC(N)CC3)N(CC3CC(C(=O)OCC4CCCCC4)CC4CCCCC43)C2C1. The van der Waals surface area contributed by atoms with Crippen LogP contribution in [0.3, 0.4) is 0 Å². The molecule has 1 heterocycles. The van der Waals surface area contributed by atoms with Gasteiger partial charge in [-0.1, -0.05) is 38.5 Å². The van der Waals surface area contributed by atoms with Crippen LogP contribution < -0.4 is 16.8 Å². The Morgan fingerprint density at radius 1 is 0.791 bits per heavy atom. The minimum absolute atomic E-state index is 0.0126. The van der Waals surface area contributed by atoms with Crippen molar-refractivity contribution < 1.29 is 14.3 Å². The summed E-state index contributed by atoms with van der Waals surface area (Å²) in [6, 6.07) is 0.651. The highest BCUT2D eigenvalue weighted by Gasteiger charge is 2.50. The van der Waals surface area contributed by atoms with E-state index in [-0.39, 0.29) is 41.8 Å². The molecule has 6 aliphatic rings. The van der Waals surface area contributed by atoms with Crippen molar-refractivity contribution in [3.8, 4) is 0 Å². The maximum atomic E-state index is 14.0. The van der Waals surface area contributed by atoms with E-state index in [9.17, 15) is 9.59 Å². The van der Waals surface area contributed by atoms with Crippen molar-refractivity contribution in [3.63, 3.8) is 0 Å². The molecule has 0 radical (unpaired) electrons. The highest BCUT2D eigenvalue weighted by Crippen LogP contribution is 2.49. The number of ether oxygens (including phenoxy) is 1. The number of rotatable bonds is 8. The zero-order chi connectivity index (χ0) is 29.9. The van der Waals surface area contributed by atoms with Gasteiger partial charge in [-0.3, -0.25) is 19.9 Å². The summed E-state index contributed by atoms with van der Waals surface area (Å²) in [6.07, 6.45) is 20.8. The van der Waals surface area contributed by atoms with Gasteiger partial charge in [-0.05, 0) is 113 Å². The molecule has 0 aromatic rings. The monoisotopic (exact) mass is 597 g/mol. The van der Waals surface area contributed by atoms with Crippen LogP contribution in [0.2, 0.25) is 0 Å². The van der Waals surface area contributed by atoms with Crippen LogP contribution in [0.5, 0.6) is 0 Å². The van der Waals surface area contributed by atoms with Crippen molar-refractivity contribution in [2.45, 2.75) is 146 Å². The van der Waals surface area contributed by atoms with Gasteiger partial charge in [-0.25, -0.2) is 0 Å². The van der Waals surface area contributed by atoms with E-state index >= 15 is 0 Å². The summed E-state index contributed by atoms with van der Waals surface area (Å²) in [7, 11) is 0. The Morgan fingerprint density at radius 3 is 2.30 bits per heavy atom. The van der Waals surface area contributed by atoms with Crippen molar-refractivity contribution in [1.29, 1.82) is 5.41 Å². The molecule has 8 heteroatoms. The Kier molecular flexibility index (Phi) is 10.3. The Bertz CT molecular complexity index is 977. The number of amidine groups is 1. The van der Waals surface area contributed by atoms with Gasteiger partial charge >= 0.3 is 5.97 Å². The normalized spacial score (nSPS) is 40.7. The largest absolute Gasteiger partial charge is 0.465 e. The van der Waals surface area contributed by atoms with Gasteiger partial charge in [-0.15, -0.1) is 0 Å². The van der Waals surface area contributed by atoms with Crippen LogP contribution in [0.1, 0.15) is 122 Å². The number of nitrogens with one attached hydrogen (secondary N) is 2. The molecule has 8 nitrogen and oxygen atoms in total. The number of carbonyl (C=O) groups is 2. The maximum Gasteiger partial charge on any atom is 0.308 e. The first-order valence-corrected chi connectivity index (χ1v) is 18.2. The molecule has 1 amide bonds. The van der Waals surface area contributed by atoms with E-state index in [4.69, 9.17) is 21.6 Å². The number of nitrogens with two attached hydrogens (primary N) is 2. The number of amides is 1. The molecule has 5 aliphatic carbocycles. The van der Waals surface area contributed by atoms with E-state index in [1.54, 1.807) is 0 Å². The predicted molar refractivity (Wildman–Crippen MR) is 169 cm³/mol. The number of nitrogens with zero attached hydrogens (tertiary/aromatic N) is 1. The Balaban J connectivity index is 1.17. The van der Waals surface area contributed by atoms with Crippen LogP contribution in [0.15, 0.2) is 0 Å². The molecule has 1 saturated heterocycles. The summed E-state index contributed by atoms with van der Waals surface area (Å²) in [5, 5.41) is 11.7. The van der Waals surface area contributed by atoms with Gasteiger partial charge in [0.1, 0.15) is 0 Å². The maximum absolute atomic E-state index is 14.0. The van der Waals surface area contributed by atoms with Crippen LogP contribution in [0.4, 0.5) is 0 Å². The first kappa shape index (κ1) is 31.3. The summed E-state index contributed by atoms with van der Waals surface area (Å²) < 4.78 is 6.03. The van der Waals surface area contributed by atoms with E-state index in [2.05, 4.69) is 10.2 Å². The quantitative estimate of drug-likeness (QED) is 0.174. The lowest BCUT2D eigenvalue weighted by molar-refractivity contribution is -0.154. The third-order valence-corrected chi connectivity index (χ3v) is 12.9. The molecule has 242 valence electrons. The molecule has 8 unspecified atom stereocenters. The van der Waals surface area contributed by atoms with Gasteiger partial charge in [0.2, 0.25) is 5.91 Å². The van der Waals surface area contributed by atoms with Gasteiger partial charge in [0.25, 0.3) is 0 Å². The van der Waals surface area contributed by atoms with Crippen molar-refractivity contribution >= 4 is 17.7 Å². The minimum Gasteiger partial charge on any atom is -0.465 e. The van der Waals surface area contributed by atoms with Gasteiger partial charge in [-0.2, -0.15) is 0 Å². The number of likely N-dealkylation sites (tertiary alicyclic amines) is 1. The number of carbonyl (C=O) groups excluding carboxylic acids is 2. The van der Waals surface area contributed by atoms with E-state index in [1.807, 2.05) is 0 Å². The molecule has 6 rings (SSSR count). The van der Waals surface area contributed by atoms with Crippen LogP contribution >= 0.6 is 0 Å². The standard InChI is InChI=1S/C35H59N5O3/c36-28-12-14-29(15-13-28)39-34(41)32-18-24-10-11-25(33(37)38)19-31(24)40(32)20-27-17-26(16-23-8-4-5-9-30(23)27)35(42)43-21-22-6-2-1-3-7-22/h22-32H,1-21,36H2,(H3,37,38)(H,39,41). The second-order valence-corrected chi connectivity index (χ2v) is 15.6. The van der Waals surface area contributed by atoms with Crippen LogP contribution in [0.25, 0.3) is 0 Å². The smallest absolute Gasteiger partial charge is 0.308 e. The molecule has 6 N–H and O–H groups in total. The number of hydrogen-bond acceptors (Lipinski definition) is 6. The van der Waals surface area contributed by atoms with Gasteiger partial charge in [0, 0.05) is 30.6 Å². The zero-order valence-corrected chi connectivity index (χ0v) is 26.5. The first-order chi connectivity index (χ1) is 20.9. The van der Waals surface area contributed by atoms with Gasteiger partial charge < -0.3 is 21.5 Å². The van der Waals surface area contributed by atoms with E-state index in [1.165, 1.54) is 57.8 Å². The first-order valence-electron chi connectivity index (χ1n) is 18.2. The van der Waals surface area contributed by atoms with Crippen molar-refractivity contribution in [2.75, 3.05) is 13.2 Å². The Hall–Kier alpha value is -1.67. The minimum atomic E-state index is -0.128. The summed E-state index contributed by atoms with van der Waals surface area (Å²) in [4.78, 5) is 30.0. The van der Waals surface area contributed by atoms with Crippen LogP contribution in [0, 0.1) is 46.8 Å². The van der Waals surface area contributed by atoms with Crippen molar-refractivity contribution in [3.05, 3.63) is 0 Å². The Labute approximate surface area is 259 Å².